The number of urea groups is 1. The molecule has 0 saturated carbocycles. The van der Waals surface area contributed by atoms with Gasteiger partial charge in [-0.15, -0.1) is 0 Å². The van der Waals surface area contributed by atoms with Gasteiger partial charge in [0.2, 0.25) is 0 Å². The molecule has 0 heterocycles. The largest absolute Gasteiger partial charge is 0.338 e. The number of nitrogens with one attached hydrogen (secondary N) is 2. The van der Waals surface area contributed by atoms with E-state index < -0.39 is 0 Å². The van der Waals surface area contributed by atoms with E-state index in [9.17, 15) is 4.79 Å². The number of rotatable bonds is 7. The van der Waals surface area contributed by atoms with E-state index in [0.717, 1.165) is 24.4 Å². The third kappa shape index (κ3) is 6.89. The molecule has 0 fully saturated rings. The first-order valence-corrected chi connectivity index (χ1v) is 7.16. The smallest absolute Gasteiger partial charge is 0.319 e. The lowest BCUT2D eigenvalue weighted by molar-refractivity contribution is 0.252. The van der Waals surface area contributed by atoms with Crippen LogP contribution < -0.4 is 10.6 Å². The molecule has 0 aliphatic rings. The van der Waals surface area contributed by atoms with Gasteiger partial charge in [0, 0.05) is 12.2 Å². The fraction of sp³-hybridized carbons (Fsp3) is 0.462. The van der Waals surface area contributed by atoms with Gasteiger partial charge in [0.15, 0.2) is 0 Å². The highest BCUT2D eigenvalue weighted by molar-refractivity contribution is 7.99. The van der Waals surface area contributed by atoms with Gasteiger partial charge in [0.1, 0.15) is 0 Å². The normalized spacial score (nSPS) is 9.94. The average molecular weight is 252 g/mol. The lowest BCUT2D eigenvalue weighted by atomic mass is 10.3. The summed E-state index contributed by atoms with van der Waals surface area (Å²) in [5.74, 6) is 2.32. The number of thioether (sulfide) groups is 1. The maximum absolute atomic E-state index is 11.5. The molecule has 1 aromatic carbocycles. The Kier molecular flexibility index (Phi) is 7.30. The van der Waals surface area contributed by atoms with Gasteiger partial charge in [0.25, 0.3) is 0 Å². The van der Waals surface area contributed by atoms with Crippen molar-refractivity contribution in [1.82, 2.24) is 5.32 Å². The molecule has 2 N–H and O–H groups in total. The van der Waals surface area contributed by atoms with E-state index in [1.807, 2.05) is 42.1 Å². The maximum Gasteiger partial charge on any atom is 0.319 e. The molecule has 3 nitrogen and oxygen atoms in total. The molecule has 0 saturated heterocycles. The van der Waals surface area contributed by atoms with Crippen LogP contribution in [0, 0.1) is 0 Å². The lowest BCUT2D eigenvalue weighted by Gasteiger charge is -2.07. The second-order valence-electron chi connectivity index (χ2n) is 3.71. The molecule has 2 amide bonds. The van der Waals surface area contributed by atoms with E-state index in [-0.39, 0.29) is 6.03 Å². The third-order valence-corrected chi connectivity index (χ3v) is 3.41. The van der Waals surface area contributed by atoms with Gasteiger partial charge in [-0.25, -0.2) is 4.79 Å². The summed E-state index contributed by atoms with van der Waals surface area (Å²) in [7, 11) is 0. The molecule has 0 aliphatic heterocycles. The summed E-state index contributed by atoms with van der Waals surface area (Å²) in [6.07, 6.45) is 2.24. The van der Waals surface area contributed by atoms with Crippen molar-refractivity contribution in [3.8, 4) is 0 Å². The number of carbonyl (C=O) groups excluding carboxylic acids is 1. The zero-order chi connectivity index (χ0) is 12.3. The van der Waals surface area contributed by atoms with E-state index in [4.69, 9.17) is 0 Å². The molecule has 0 bridgehead atoms. The average Bonchev–Trinajstić information content (AvgIpc) is 2.35. The molecule has 94 valence electrons. The number of carbonyl (C=O) groups is 1. The minimum atomic E-state index is -0.128. The Morgan fingerprint density at radius 3 is 2.71 bits per heavy atom. The molecule has 0 spiro atoms. The van der Waals surface area contributed by atoms with Crippen LogP contribution in [0.4, 0.5) is 10.5 Å². The van der Waals surface area contributed by atoms with E-state index in [2.05, 4.69) is 17.6 Å². The first kappa shape index (κ1) is 13.9. The quantitative estimate of drug-likeness (QED) is 0.731. The Balaban J connectivity index is 2.06. The molecule has 1 aromatic rings. The number of anilines is 1. The fourth-order valence-electron chi connectivity index (χ4n) is 1.32. The lowest BCUT2D eigenvalue weighted by Crippen LogP contribution is -2.29. The highest BCUT2D eigenvalue weighted by atomic mass is 32.2. The predicted octanol–water partition coefficient (Wildman–Crippen LogP) is 3.34. The minimum absolute atomic E-state index is 0.128. The Labute approximate surface area is 107 Å². The number of hydrogen-bond donors (Lipinski definition) is 2. The van der Waals surface area contributed by atoms with Crippen molar-refractivity contribution in [2.75, 3.05) is 23.4 Å². The van der Waals surface area contributed by atoms with Gasteiger partial charge >= 0.3 is 6.03 Å². The van der Waals surface area contributed by atoms with E-state index in [1.54, 1.807) is 0 Å². The van der Waals surface area contributed by atoms with E-state index >= 15 is 0 Å². The first-order valence-electron chi connectivity index (χ1n) is 6.00. The number of amides is 2. The minimum Gasteiger partial charge on any atom is -0.338 e. The van der Waals surface area contributed by atoms with Gasteiger partial charge in [-0.1, -0.05) is 25.1 Å². The highest BCUT2D eigenvalue weighted by Gasteiger charge is 1.99. The Bertz CT molecular complexity index is 316. The SMILES string of the molecule is CCCSCCCNC(=O)Nc1ccccc1. The van der Waals surface area contributed by atoms with Crippen LogP contribution in [0.1, 0.15) is 19.8 Å². The number of benzene rings is 1. The molecular weight excluding hydrogens is 232 g/mol. The molecular formula is C13H20N2OS. The van der Waals surface area contributed by atoms with Crippen LogP contribution in [0.5, 0.6) is 0 Å². The van der Waals surface area contributed by atoms with Gasteiger partial charge < -0.3 is 10.6 Å². The molecule has 17 heavy (non-hydrogen) atoms. The van der Waals surface area contributed by atoms with Crippen LogP contribution in [-0.4, -0.2) is 24.1 Å². The summed E-state index contributed by atoms with van der Waals surface area (Å²) in [6, 6.07) is 9.34. The van der Waals surface area contributed by atoms with Crippen molar-refractivity contribution >= 4 is 23.5 Å². The maximum atomic E-state index is 11.5. The highest BCUT2D eigenvalue weighted by Crippen LogP contribution is 2.05. The van der Waals surface area contributed by atoms with Crippen LogP contribution in [0.15, 0.2) is 30.3 Å². The standard InChI is InChI=1S/C13H20N2OS/c1-2-10-17-11-6-9-14-13(16)15-12-7-4-3-5-8-12/h3-5,7-8H,2,6,9-11H2,1H3,(H2,14,15,16). The second-order valence-corrected chi connectivity index (χ2v) is 4.94. The van der Waals surface area contributed by atoms with Gasteiger partial charge in [-0.05, 0) is 36.5 Å². The summed E-state index contributed by atoms with van der Waals surface area (Å²) in [4.78, 5) is 11.5. The van der Waals surface area contributed by atoms with E-state index in [0.29, 0.717) is 0 Å². The van der Waals surface area contributed by atoms with Gasteiger partial charge in [-0.3, -0.25) is 0 Å². The van der Waals surface area contributed by atoms with E-state index in [1.165, 1.54) is 12.2 Å². The van der Waals surface area contributed by atoms with Crippen LogP contribution in [-0.2, 0) is 0 Å². The summed E-state index contributed by atoms with van der Waals surface area (Å²) in [5.41, 5.74) is 0.824. The second kappa shape index (κ2) is 8.93. The Morgan fingerprint density at radius 2 is 2.00 bits per heavy atom. The summed E-state index contributed by atoms with van der Waals surface area (Å²) in [6.45, 7) is 2.91. The van der Waals surface area contributed by atoms with Crippen molar-refractivity contribution in [2.24, 2.45) is 0 Å². The Morgan fingerprint density at radius 1 is 1.24 bits per heavy atom. The third-order valence-electron chi connectivity index (χ3n) is 2.13. The monoisotopic (exact) mass is 252 g/mol. The summed E-state index contributed by atoms with van der Waals surface area (Å²) in [5, 5.41) is 5.63. The number of hydrogen-bond acceptors (Lipinski definition) is 2. The van der Waals surface area contributed by atoms with Crippen molar-refractivity contribution < 1.29 is 4.79 Å². The molecule has 1 rings (SSSR count). The topological polar surface area (TPSA) is 41.1 Å². The number of para-hydroxylation sites is 1. The molecule has 0 atom stereocenters. The van der Waals surface area contributed by atoms with Crippen molar-refractivity contribution in [3.63, 3.8) is 0 Å². The van der Waals surface area contributed by atoms with Crippen LogP contribution in [0.3, 0.4) is 0 Å². The zero-order valence-electron chi connectivity index (χ0n) is 10.2. The van der Waals surface area contributed by atoms with Crippen LogP contribution >= 0.6 is 11.8 Å². The first-order chi connectivity index (χ1) is 8.33. The molecule has 0 radical (unpaired) electrons. The van der Waals surface area contributed by atoms with Crippen molar-refractivity contribution in [1.29, 1.82) is 0 Å². The van der Waals surface area contributed by atoms with Crippen LogP contribution in [0.2, 0.25) is 0 Å². The van der Waals surface area contributed by atoms with Crippen molar-refractivity contribution in [2.45, 2.75) is 19.8 Å². The van der Waals surface area contributed by atoms with Crippen molar-refractivity contribution in [3.05, 3.63) is 30.3 Å². The Hall–Kier alpha value is -1.16. The molecule has 0 unspecified atom stereocenters. The predicted molar refractivity (Wildman–Crippen MR) is 75.7 cm³/mol. The molecule has 0 aromatic heterocycles. The zero-order valence-corrected chi connectivity index (χ0v) is 11.1. The summed E-state index contributed by atoms with van der Waals surface area (Å²) >= 11 is 1.94. The summed E-state index contributed by atoms with van der Waals surface area (Å²) < 4.78 is 0. The fourth-order valence-corrected chi connectivity index (χ4v) is 2.16. The van der Waals surface area contributed by atoms with Crippen LogP contribution in [0.25, 0.3) is 0 Å². The van der Waals surface area contributed by atoms with Gasteiger partial charge in [-0.2, -0.15) is 11.8 Å². The molecule has 0 aliphatic carbocycles. The van der Waals surface area contributed by atoms with Gasteiger partial charge in [0.05, 0.1) is 0 Å². The molecule has 4 heteroatoms.